The Morgan fingerprint density at radius 2 is 2.11 bits per heavy atom. The van der Waals surface area contributed by atoms with Crippen molar-refractivity contribution in [2.75, 3.05) is 44.7 Å². The van der Waals surface area contributed by atoms with Crippen LogP contribution >= 0.6 is 0 Å². The van der Waals surface area contributed by atoms with Gasteiger partial charge in [0.1, 0.15) is 5.82 Å². The van der Waals surface area contributed by atoms with Gasteiger partial charge in [0.15, 0.2) is 0 Å². The molecule has 2 aliphatic rings. The predicted molar refractivity (Wildman–Crippen MR) is 73.9 cm³/mol. The first-order chi connectivity index (χ1) is 8.84. The van der Waals surface area contributed by atoms with Crippen molar-refractivity contribution in [2.24, 2.45) is 0 Å². The monoisotopic (exact) mass is 246 g/mol. The maximum Gasteiger partial charge on any atom is 0.133 e. The van der Waals surface area contributed by atoms with Crippen molar-refractivity contribution in [2.45, 2.75) is 18.9 Å². The van der Waals surface area contributed by atoms with Crippen LogP contribution in [-0.4, -0.2) is 49.7 Å². The van der Waals surface area contributed by atoms with Crippen molar-refractivity contribution >= 4 is 5.82 Å². The van der Waals surface area contributed by atoms with Gasteiger partial charge in [0, 0.05) is 44.0 Å². The highest BCUT2D eigenvalue weighted by Crippen LogP contribution is 2.30. The Bertz CT molecular complexity index is 393. The van der Waals surface area contributed by atoms with E-state index in [2.05, 4.69) is 39.3 Å². The molecule has 0 aromatic carbocycles. The van der Waals surface area contributed by atoms with Gasteiger partial charge >= 0.3 is 0 Å². The summed E-state index contributed by atoms with van der Waals surface area (Å²) in [6, 6.07) is 4.81. The summed E-state index contributed by atoms with van der Waals surface area (Å²) >= 11 is 0. The molecule has 1 N–H and O–H groups in total. The molecule has 4 heteroatoms. The molecular weight excluding hydrogens is 224 g/mol. The number of hydrogen-bond donors (Lipinski definition) is 1. The second-order valence-electron chi connectivity index (χ2n) is 5.36. The summed E-state index contributed by atoms with van der Waals surface area (Å²) in [6.07, 6.45) is 4.44. The van der Waals surface area contributed by atoms with Gasteiger partial charge in [-0.2, -0.15) is 0 Å². The number of aromatic nitrogens is 1. The largest absolute Gasteiger partial charge is 0.354 e. The molecule has 0 saturated carbocycles. The highest BCUT2D eigenvalue weighted by molar-refractivity contribution is 5.49. The third-order valence-corrected chi connectivity index (χ3v) is 4.06. The molecule has 0 amide bonds. The zero-order valence-electron chi connectivity index (χ0n) is 11.1. The van der Waals surface area contributed by atoms with E-state index in [1.165, 1.54) is 24.2 Å². The molecule has 18 heavy (non-hydrogen) atoms. The lowest BCUT2D eigenvalue weighted by molar-refractivity contribution is 0.311. The molecule has 0 bridgehead atoms. The summed E-state index contributed by atoms with van der Waals surface area (Å²) in [7, 11) is 2.19. The van der Waals surface area contributed by atoms with Crippen LogP contribution in [0, 0.1) is 0 Å². The SMILES string of the molecule is CN1CCN(c2ncccc2[C@H]2CCCN2)CC1. The fourth-order valence-electron chi connectivity index (χ4n) is 2.91. The number of pyridine rings is 1. The first kappa shape index (κ1) is 11.9. The maximum absolute atomic E-state index is 4.64. The van der Waals surface area contributed by atoms with E-state index in [1.807, 2.05) is 6.20 Å². The molecule has 2 aliphatic heterocycles. The summed E-state index contributed by atoms with van der Waals surface area (Å²) < 4.78 is 0. The van der Waals surface area contributed by atoms with Gasteiger partial charge < -0.3 is 15.1 Å². The number of piperazine rings is 1. The van der Waals surface area contributed by atoms with Gasteiger partial charge in [0.05, 0.1) is 0 Å². The Labute approximate surface area is 109 Å². The van der Waals surface area contributed by atoms with E-state index >= 15 is 0 Å². The summed E-state index contributed by atoms with van der Waals surface area (Å²) in [5.41, 5.74) is 1.39. The average molecular weight is 246 g/mol. The maximum atomic E-state index is 4.64. The van der Waals surface area contributed by atoms with Crippen molar-refractivity contribution in [3.8, 4) is 0 Å². The normalized spacial score (nSPS) is 25.6. The average Bonchev–Trinajstić information content (AvgIpc) is 2.93. The molecule has 0 spiro atoms. The Balaban J connectivity index is 1.82. The fraction of sp³-hybridized carbons (Fsp3) is 0.643. The van der Waals surface area contributed by atoms with E-state index < -0.39 is 0 Å². The first-order valence-corrected chi connectivity index (χ1v) is 6.96. The van der Waals surface area contributed by atoms with Crippen LogP contribution in [-0.2, 0) is 0 Å². The minimum absolute atomic E-state index is 0.508. The highest BCUT2D eigenvalue weighted by Gasteiger charge is 2.24. The zero-order chi connectivity index (χ0) is 12.4. The molecule has 0 aliphatic carbocycles. The number of rotatable bonds is 2. The van der Waals surface area contributed by atoms with E-state index in [9.17, 15) is 0 Å². The summed E-state index contributed by atoms with van der Waals surface area (Å²) in [6.45, 7) is 5.59. The van der Waals surface area contributed by atoms with Crippen LogP contribution in [0.5, 0.6) is 0 Å². The van der Waals surface area contributed by atoms with Gasteiger partial charge in [0.2, 0.25) is 0 Å². The lowest BCUT2D eigenvalue weighted by Gasteiger charge is -2.34. The number of hydrogen-bond acceptors (Lipinski definition) is 4. The second-order valence-corrected chi connectivity index (χ2v) is 5.36. The van der Waals surface area contributed by atoms with Crippen LogP contribution in [0.1, 0.15) is 24.4 Å². The molecular formula is C14H22N4. The molecule has 0 radical (unpaired) electrons. The molecule has 1 atom stereocenters. The quantitative estimate of drug-likeness (QED) is 0.851. The topological polar surface area (TPSA) is 31.4 Å². The highest BCUT2D eigenvalue weighted by atomic mass is 15.3. The Kier molecular flexibility index (Phi) is 3.48. The van der Waals surface area contributed by atoms with E-state index in [1.54, 1.807) is 0 Å². The number of likely N-dealkylation sites (N-methyl/N-ethyl adjacent to an activating group) is 1. The molecule has 3 heterocycles. The lowest BCUT2D eigenvalue weighted by Crippen LogP contribution is -2.45. The predicted octanol–water partition coefficient (Wildman–Crippen LogP) is 1.26. The van der Waals surface area contributed by atoms with E-state index in [0.717, 1.165) is 32.7 Å². The summed E-state index contributed by atoms with van der Waals surface area (Å²) in [4.78, 5) is 9.46. The number of nitrogens with one attached hydrogen (secondary N) is 1. The fourth-order valence-corrected chi connectivity index (χ4v) is 2.91. The standard InChI is InChI=1S/C14H22N4/c1-17-8-10-18(11-9-17)14-12(4-2-7-16-14)13-5-3-6-15-13/h2,4,7,13,15H,3,5-6,8-11H2,1H3/t13-/m1/s1. The third kappa shape index (κ3) is 2.35. The van der Waals surface area contributed by atoms with Gasteiger partial charge in [-0.05, 0) is 32.5 Å². The summed E-state index contributed by atoms with van der Waals surface area (Å²) in [5.74, 6) is 1.20. The molecule has 2 fully saturated rings. The van der Waals surface area contributed by atoms with Crippen molar-refractivity contribution in [1.82, 2.24) is 15.2 Å². The van der Waals surface area contributed by atoms with Crippen molar-refractivity contribution < 1.29 is 0 Å². The van der Waals surface area contributed by atoms with E-state index in [-0.39, 0.29) is 0 Å². The molecule has 1 aromatic rings. The van der Waals surface area contributed by atoms with E-state index in [0.29, 0.717) is 6.04 Å². The van der Waals surface area contributed by atoms with Gasteiger partial charge in [0.25, 0.3) is 0 Å². The van der Waals surface area contributed by atoms with Gasteiger partial charge in [-0.3, -0.25) is 0 Å². The zero-order valence-corrected chi connectivity index (χ0v) is 11.1. The van der Waals surface area contributed by atoms with Crippen molar-refractivity contribution in [3.05, 3.63) is 23.9 Å². The molecule has 0 unspecified atom stereocenters. The van der Waals surface area contributed by atoms with Crippen LogP contribution in [0.4, 0.5) is 5.82 Å². The van der Waals surface area contributed by atoms with Crippen LogP contribution < -0.4 is 10.2 Å². The molecule has 1 aromatic heterocycles. The minimum atomic E-state index is 0.508. The number of nitrogens with zero attached hydrogens (tertiary/aromatic N) is 3. The van der Waals surface area contributed by atoms with Crippen LogP contribution in [0.15, 0.2) is 18.3 Å². The number of anilines is 1. The molecule has 3 rings (SSSR count). The smallest absolute Gasteiger partial charge is 0.133 e. The van der Waals surface area contributed by atoms with Crippen LogP contribution in [0.25, 0.3) is 0 Å². The van der Waals surface area contributed by atoms with Gasteiger partial charge in [-0.1, -0.05) is 6.07 Å². The summed E-state index contributed by atoms with van der Waals surface area (Å²) in [5, 5.41) is 3.58. The van der Waals surface area contributed by atoms with Gasteiger partial charge in [-0.15, -0.1) is 0 Å². The third-order valence-electron chi connectivity index (χ3n) is 4.06. The Morgan fingerprint density at radius 1 is 1.28 bits per heavy atom. The van der Waals surface area contributed by atoms with Crippen LogP contribution in [0.2, 0.25) is 0 Å². The second kappa shape index (κ2) is 5.24. The lowest BCUT2D eigenvalue weighted by atomic mass is 10.1. The van der Waals surface area contributed by atoms with Gasteiger partial charge in [-0.25, -0.2) is 4.98 Å². The first-order valence-electron chi connectivity index (χ1n) is 6.96. The van der Waals surface area contributed by atoms with E-state index in [4.69, 9.17) is 0 Å². The van der Waals surface area contributed by atoms with Crippen LogP contribution in [0.3, 0.4) is 0 Å². The molecule has 4 nitrogen and oxygen atoms in total. The van der Waals surface area contributed by atoms with Crippen molar-refractivity contribution in [1.29, 1.82) is 0 Å². The molecule has 2 saturated heterocycles. The minimum Gasteiger partial charge on any atom is -0.354 e. The molecule has 98 valence electrons. The Hall–Kier alpha value is -1.13. The van der Waals surface area contributed by atoms with Crippen molar-refractivity contribution in [3.63, 3.8) is 0 Å². The Morgan fingerprint density at radius 3 is 2.83 bits per heavy atom.